The van der Waals surface area contributed by atoms with Gasteiger partial charge in [0, 0.05) is 30.8 Å². The minimum absolute atomic E-state index is 0.0309. The zero-order chi connectivity index (χ0) is 17.7. The molecule has 1 aliphatic heterocycles. The number of benzene rings is 1. The van der Waals surface area contributed by atoms with Gasteiger partial charge < -0.3 is 15.3 Å². The summed E-state index contributed by atoms with van der Waals surface area (Å²) in [4.78, 5) is 37.5. The number of amides is 2. The Morgan fingerprint density at radius 1 is 1.17 bits per heavy atom. The molecule has 0 bridgehead atoms. The van der Waals surface area contributed by atoms with Gasteiger partial charge in [-0.05, 0) is 51.3 Å². The third kappa shape index (κ3) is 4.57. The largest absolute Gasteiger partial charge is 0.481 e. The summed E-state index contributed by atoms with van der Waals surface area (Å²) < 4.78 is 0. The van der Waals surface area contributed by atoms with Crippen LogP contribution in [0.5, 0.6) is 0 Å². The molecule has 1 fully saturated rings. The summed E-state index contributed by atoms with van der Waals surface area (Å²) >= 11 is 0. The van der Waals surface area contributed by atoms with Crippen molar-refractivity contribution in [1.29, 1.82) is 0 Å². The predicted octanol–water partition coefficient (Wildman–Crippen LogP) is 2.75. The number of carbonyl (C=O) groups excluding carboxylic acids is 2. The fourth-order valence-corrected chi connectivity index (χ4v) is 2.69. The maximum Gasteiger partial charge on any atom is 0.309 e. The molecule has 1 aromatic carbocycles. The van der Waals surface area contributed by atoms with Crippen molar-refractivity contribution in [2.45, 2.75) is 39.5 Å². The van der Waals surface area contributed by atoms with E-state index in [9.17, 15) is 14.4 Å². The van der Waals surface area contributed by atoms with Gasteiger partial charge in [0.15, 0.2) is 0 Å². The van der Waals surface area contributed by atoms with Crippen molar-refractivity contribution in [2.75, 3.05) is 18.4 Å². The first-order chi connectivity index (χ1) is 11.3. The first-order valence-corrected chi connectivity index (χ1v) is 8.22. The highest BCUT2D eigenvalue weighted by Crippen LogP contribution is 2.22. The quantitative estimate of drug-likeness (QED) is 0.868. The highest BCUT2D eigenvalue weighted by Gasteiger charge is 2.30. The van der Waals surface area contributed by atoms with Crippen molar-refractivity contribution >= 4 is 23.5 Å². The lowest BCUT2D eigenvalue weighted by atomic mass is 9.89. The zero-order valence-corrected chi connectivity index (χ0v) is 14.2. The standard InChI is InChI=1S/C18H24N2O4/c1-18(2,17(23)24)12-15(21)19-14-8-6-7-13(11-14)16(22)20-9-4-3-5-10-20/h6-8,11H,3-5,9-10,12H2,1-2H3,(H,19,21)(H,23,24). The molecule has 1 aliphatic rings. The van der Waals surface area contributed by atoms with Gasteiger partial charge in [0.25, 0.3) is 5.91 Å². The number of carboxylic acids is 1. The summed E-state index contributed by atoms with van der Waals surface area (Å²) in [7, 11) is 0. The first kappa shape index (κ1) is 18.0. The summed E-state index contributed by atoms with van der Waals surface area (Å²) in [6.45, 7) is 4.54. The van der Waals surface area contributed by atoms with Crippen LogP contribution in [-0.2, 0) is 9.59 Å². The number of hydrogen-bond acceptors (Lipinski definition) is 3. The van der Waals surface area contributed by atoms with Crippen LogP contribution in [0.3, 0.4) is 0 Å². The van der Waals surface area contributed by atoms with Gasteiger partial charge in [0.1, 0.15) is 0 Å². The Kier molecular flexibility index (Phi) is 5.59. The third-order valence-corrected chi connectivity index (χ3v) is 4.22. The van der Waals surface area contributed by atoms with E-state index in [0.717, 1.165) is 32.4 Å². The number of aliphatic carboxylic acids is 1. The molecule has 0 aliphatic carbocycles. The van der Waals surface area contributed by atoms with Crippen molar-refractivity contribution in [3.05, 3.63) is 29.8 Å². The van der Waals surface area contributed by atoms with Crippen LogP contribution in [0.25, 0.3) is 0 Å². The molecule has 24 heavy (non-hydrogen) atoms. The SMILES string of the molecule is CC(C)(CC(=O)Nc1cccc(C(=O)N2CCCCC2)c1)C(=O)O. The van der Waals surface area contributed by atoms with E-state index < -0.39 is 11.4 Å². The van der Waals surface area contributed by atoms with Gasteiger partial charge in [0.05, 0.1) is 5.41 Å². The van der Waals surface area contributed by atoms with E-state index in [1.54, 1.807) is 24.3 Å². The molecule has 1 aromatic rings. The second-order valence-electron chi connectivity index (χ2n) is 6.85. The first-order valence-electron chi connectivity index (χ1n) is 8.22. The summed E-state index contributed by atoms with van der Waals surface area (Å²) in [5, 5.41) is 11.8. The Balaban J connectivity index is 2.03. The van der Waals surface area contributed by atoms with Crippen LogP contribution in [-0.4, -0.2) is 40.9 Å². The highest BCUT2D eigenvalue weighted by molar-refractivity contribution is 5.98. The van der Waals surface area contributed by atoms with Crippen LogP contribution in [0.2, 0.25) is 0 Å². The van der Waals surface area contributed by atoms with Crippen molar-refractivity contribution in [2.24, 2.45) is 5.41 Å². The second kappa shape index (κ2) is 7.47. The topological polar surface area (TPSA) is 86.7 Å². The molecule has 2 rings (SSSR count). The van der Waals surface area contributed by atoms with E-state index >= 15 is 0 Å². The normalized spacial score (nSPS) is 15.0. The van der Waals surface area contributed by atoms with Crippen molar-refractivity contribution in [3.8, 4) is 0 Å². The fraction of sp³-hybridized carbons (Fsp3) is 0.500. The summed E-state index contributed by atoms with van der Waals surface area (Å²) in [5.41, 5.74) is -0.0954. The number of nitrogens with one attached hydrogen (secondary N) is 1. The molecule has 130 valence electrons. The molecule has 2 N–H and O–H groups in total. The lowest BCUT2D eigenvalue weighted by Gasteiger charge is -2.26. The van der Waals surface area contributed by atoms with Crippen LogP contribution in [0.4, 0.5) is 5.69 Å². The van der Waals surface area contributed by atoms with Crippen molar-refractivity contribution in [1.82, 2.24) is 4.90 Å². The number of hydrogen-bond donors (Lipinski definition) is 2. The lowest BCUT2D eigenvalue weighted by Crippen LogP contribution is -2.35. The Hall–Kier alpha value is -2.37. The Morgan fingerprint density at radius 3 is 2.46 bits per heavy atom. The molecule has 0 unspecified atom stereocenters. The molecule has 0 spiro atoms. The molecule has 1 saturated heterocycles. The van der Waals surface area contributed by atoms with Crippen molar-refractivity contribution < 1.29 is 19.5 Å². The maximum atomic E-state index is 12.5. The van der Waals surface area contributed by atoms with E-state index in [0.29, 0.717) is 11.3 Å². The minimum Gasteiger partial charge on any atom is -0.481 e. The molecule has 0 radical (unpaired) electrons. The zero-order valence-electron chi connectivity index (χ0n) is 14.2. The van der Waals surface area contributed by atoms with E-state index in [-0.39, 0.29) is 18.2 Å². The van der Waals surface area contributed by atoms with Crippen LogP contribution >= 0.6 is 0 Å². The second-order valence-corrected chi connectivity index (χ2v) is 6.85. The number of anilines is 1. The van der Waals surface area contributed by atoms with E-state index in [2.05, 4.69) is 5.32 Å². The smallest absolute Gasteiger partial charge is 0.309 e. The molecule has 1 heterocycles. The number of piperidine rings is 1. The molecular formula is C18H24N2O4. The van der Waals surface area contributed by atoms with Gasteiger partial charge in [-0.15, -0.1) is 0 Å². The number of rotatable bonds is 5. The summed E-state index contributed by atoms with van der Waals surface area (Å²) in [6.07, 6.45) is 3.06. The van der Waals surface area contributed by atoms with E-state index in [4.69, 9.17) is 5.11 Å². The number of carbonyl (C=O) groups is 3. The summed E-state index contributed by atoms with van der Waals surface area (Å²) in [5.74, 6) is -1.44. The monoisotopic (exact) mass is 332 g/mol. The number of nitrogens with zero attached hydrogens (tertiary/aromatic N) is 1. The van der Waals surface area contributed by atoms with Crippen LogP contribution < -0.4 is 5.32 Å². The van der Waals surface area contributed by atoms with Gasteiger partial charge in [-0.2, -0.15) is 0 Å². The van der Waals surface area contributed by atoms with Crippen molar-refractivity contribution in [3.63, 3.8) is 0 Å². The average Bonchev–Trinajstić information content (AvgIpc) is 2.54. The molecule has 6 heteroatoms. The fourth-order valence-electron chi connectivity index (χ4n) is 2.69. The predicted molar refractivity (Wildman–Crippen MR) is 90.9 cm³/mol. The molecular weight excluding hydrogens is 308 g/mol. The number of likely N-dealkylation sites (tertiary alicyclic amines) is 1. The van der Waals surface area contributed by atoms with E-state index in [1.807, 2.05) is 4.90 Å². The van der Waals surface area contributed by atoms with Crippen LogP contribution in [0.15, 0.2) is 24.3 Å². The lowest BCUT2D eigenvalue weighted by molar-refractivity contribution is -0.148. The maximum absolute atomic E-state index is 12.5. The molecule has 0 aromatic heterocycles. The highest BCUT2D eigenvalue weighted by atomic mass is 16.4. The Morgan fingerprint density at radius 2 is 1.83 bits per heavy atom. The van der Waals surface area contributed by atoms with Gasteiger partial charge >= 0.3 is 5.97 Å². The molecule has 0 saturated carbocycles. The molecule has 2 amide bonds. The Labute approximate surface area is 141 Å². The minimum atomic E-state index is -1.13. The van der Waals surface area contributed by atoms with Gasteiger partial charge in [0.2, 0.25) is 5.91 Å². The van der Waals surface area contributed by atoms with Crippen LogP contribution in [0.1, 0.15) is 49.9 Å². The van der Waals surface area contributed by atoms with Gasteiger partial charge in [-0.3, -0.25) is 14.4 Å². The molecule has 6 nitrogen and oxygen atoms in total. The third-order valence-electron chi connectivity index (χ3n) is 4.22. The van der Waals surface area contributed by atoms with Gasteiger partial charge in [-0.25, -0.2) is 0 Å². The van der Waals surface area contributed by atoms with Gasteiger partial charge in [-0.1, -0.05) is 6.07 Å². The molecule has 0 atom stereocenters. The van der Waals surface area contributed by atoms with E-state index in [1.165, 1.54) is 13.8 Å². The number of carboxylic acid groups (broad SMARTS) is 1. The van der Waals surface area contributed by atoms with Crippen LogP contribution in [0, 0.1) is 5.41 Å². The summed E-state index contributed by atoms with van der Waals surface area (Å²) in [6, 6.07) is 6.78. The average molecular weight is 332 g/mol. The Bertz CT molecular complexity index is 634.